The van der Waals surface area contributed by atoms with Crippen LogP contribution < -0.4 is 5.73 Å². The Bertz CT molecular complexity index is 454. The number of hydrogen-bond donors (Lipinski definition) is 1. The second-order valence-corrected chi connectivity index (χ2v) is 6.19. The fraction of sp³-hybridized carbons (Fsp3) is 0.733. The Balaban J connectivity index is 2.71. The number of rotatable bonds is 8. The standard InChI is InChI=1S/C15H26ClN3O/c1-5-19-14(15(16)11(4)18-19)8-13(20)7-12(9-17)6-10(2)3/h10,12H,5-9,17H2,1-4H3. The monoisotopic (exact) mass is 299 g/mol. The Labute approximate surface area is 126 Å². The van der Waals surface area contributed by atoms with Crippen LogP contribution in [0.15, 0.2) is 0 Å². The van der Waals surface area contributed by atoms with Crippen molar-refractivity contribution in [2.24, 2.45) is 17.6 Å². The highest BCUT2D eigenvalue weighted by Gasteiger charge is 2.19. The van der Waals surface area contributed by atoms with E-state index in [-0.39, 0.29) is 11.7 Å². The number of carbonyl (C=O) groups excluding carboxylic acids is 1. The van der Waals surface area contributed by atoms with Gasteiger partial charge in [0, 0.05) is 19.4 Å². The molecule has 0 fully saturated rings. The van der Waals surface area contributed by atoms with Gasteiger partial charge in [0.05, 0.1) is 16.4 Å². The minimum Gasteiger partial charge on any atom is -0.330 e. The summed E-state index contributed by atoms with van der Waals surface area (Å²) in [5.74, 6) is 1.02. The van der Waals surface area contributed by atoms with Crippen molar-refractivity contribution in [1.29, 1.82) is 0 Å². The predicted molar refractivity (Wildman–Crippen MR) is 83.0 cm³/mol. The van der Waals surface area contributed by atoms with Gasteiger partial charge in [0.25, 0.3) is 0 Å². The smallest absolute Gasteiger partial charge is 0.139 e. The van der Waals surface area contributed by atoms with E-state index in [1.165, 1.54) is 0 Å². The lowest BCUT2D eigenvalue weighted by atomic mass is 9.91. The van der Waals surface area contributed by atoms with Crippen LogP contribution in [0.2, 0.25) is 5.02 Å². The maximum absolute atomic E-state index is 12.2. The molecule has 0 saturated carbocycles. The van der Waals surface area contributed by atoms with Crippen LogP contribution in [-0.4, -0.2) is 22.1 Å². The summed E-state index contributed by atoms with van der Waals surface area (Å²) >= 11 is 6.23. The van der Waals surface area contributed by atoms with Gasteiger partial charge in [0.15, 0.2) is 0 Å². The third-order valence-electron chi connectivity index (χ3n) is 3.47. The van der Waals surface area contributed by atoms with E-state index in [1.807, 2.05) is 18.5 Å². The van der Waals surface area contributed by atoms with Gasteiger partial charge >= 0.3 is 0 Å². The molecule has 0 amide bonds. The Morgan fingerprint density at radius 3 is 2.60 bits per heavy atom. The highest BCUT2D eigenvalue weighted by atomic mass is 35.5. The number of aryl methyl sites for hydroxylation is 2. The molecular formula is C15H26ClN3O. The van der Waals surface area contributed by atoms with E-state index in [2.05, 4.69) is 18.9 Å². The van der Waals surface area contributed by atoms with E-state index in [0.29, 0.717) is 30.3 Å². The number of aromatic nitrogens is 2. The highest BCUT2D eigenvalue weighted by Crippen LogP contribution is 2.22. The van der Waals surface area contributed by atoms with Crippen molar-refractivity contribution in [3.8, 4) is 0 Å². The molecule has 1 rings (SSSR count). The average Bonchev–Trinajstić information content (AvgIpc) is 2.65. The lowest BCUT2D eigenvalue weighted by molar-refractivity contribution is -0.119. The van der Waals surface area contributed by atoms with E-state index < -0.39 is 0 Å². The van der Waals surface area contributed by atoms with Crippen molar-refractivity contribution in [2.75, 3.05) is 6.54 Å². The Hall–Kier alpha value is -0.870. The van der Waals surface area contributed by atoms with Gasteiger partial charge in [-0.15, -0.1) is 0 Å². The van der Waals surface area contributed by atoms with Crippen molar-refractivity contribution >= 4 is 17.4 Å². The molecule has 0 radical (unpaired) electrons. The topological polar surface area (TPSA) is 60.9 Å². The molecule has 1 heterocycles. The van der Waals surface area contributed by atoms with Crippen LogP contribution in [-0.2, 0) is 17.8 Å². The minimum absolute atomic E-state index is 0.192. The van der Waals surface area contributed by atoms with E-state index in [0.717, 1.165) is 24.4 Å². The Morgan fingerprint density at radius 1 is 1.45 bits per heavy atom. The highest BCUT2D eigenvalue weighted by molar-refractivity contribution is 6.32. The first-order valence-corrected chi connectivity index (χ1v) is 7.70. The zero-order chi connectivity index (χ0) is 15.3. The average molecular weight is 300 g/mol. The number of ketones is 1. The largest absolute Gasteiger partial charge is 0.330 e. The van der Waals surface area contributed by atoms with Crippen LogP contribution in [0.4, 0.5) is 0 Å². The summed E-state index contributed by atoms with van der Waals surface area (Å²) in [6, 6.07) is 0. The summed E-state index contributed by atoms with van der Waals surface area (Å²) in [4.78, 5) is 12.2. The van der Waals surface area contributed by atoms with Gasteiger partial charge in [0.2, 0.25) is 0 Å². The number of hydrogen-bond acceptors (Lipinski definition) is 3. The van der Waals surface area contributed by atoms with Crippen molar-refractivity contribution in [3.63, 3.8) is 0 Å². The molecule has 1 aromatic rings. The molecule has 0 aliphatic rings. The summed E-state index contributed by atoms with van der Waals surface area (Å²) in [6.07, 6.45) is 1.86. The van der Waals surface area contributed by atoms with Crippen LogP contribution in [0.3, 0.4) is 0 Å². The molecule has 0 spiro atoms. The molecule has 20 heavy (non-hydrogen) atoms. The van der Waals surface area contributed by atoms with Gasteiger partial charge < -0.3 is 5.73 Å². The number of nitrogens with two attached hydrogens (primary N) is 1. The first-order valence-electron chi connectivity index (χ1n) is 7.32. The van der Waals surface area contributed by atoms with Crippen molar-refractivity contribution in [3.05, 3.63) is 16.4 Å². The summed E-state index contributed by atoms with van der Waals surface area (Å²) in [5, 5.41) is 4.96. The molecule has 0 aliphatic heterocycles. The molecule has 0 bridgehead atoms. The van der Waals surface area contributed by atoms with Crippen molar-refractivity contribution in [1.82, 2.24) is 9.78 Å². The molecule has 114 valence electrons. The molecule has 5 heteroatoms. The second kappa shape index (κ2) is 7.79. The van der Waals surface area contributed by atoms with Crippen molar-refractivity contribution < 1.29 is 4.79 Å². The second-order valence-electron chi connectivity index (χ2n) is 5.81. The molecule has 1 atom stereocenters. The minimum atomic E-state index is 0.192. The SMILES string of the molecule is CCn1nc(C)c(Cl)c1CC(=O)CC(CN)CC(C)C. The molecule has 2 N–H and O–H groups in total. The van der Waals surface area contributed by atoms with E-state index in [4.69, 9.17) is 17.3 Å². The van der Waals surface area contributed by atoms with Crippen LogP contribution in [0.1, 0.15) is 45.0 Å². The fourth-order valence-electron chi connectivity index (χ4n) is 2.55. The lowest BCUT2D eigenvalue weighted by Gasteiger charge is -2.16. The zero-order valence-electron chi connectivity index (χ0n) is 12.9. The van der Waals surface area contributed by atoms with Crippen LogP contribution in [0.25, 0.3) is 0 Å². The van der Waals surface area contributed by atoms with Gasteiger partial charge in [-0.25, -0.2) is 0 Å². The van der Waals surface area contributed by atoms with Gasteiger partial charge in [-0.05, 0) is 38.6 Å². The molecule has 1 unspecified atom stereocenters. The molecule has 0 aliphatic carbocycles. The Kier molecular flexibility index (Phi) is 6.69. The number of halogens is 1. The van der Waals surface area contributed by atoms with E-state index >= 15 is 0 Å². The Morgan fingerprint density at radius 2 is 2.10 bits per heavy atom. The first-order chi connectivity index (χ1) is 9.38. The predicted octanol–water partition coefficient (Wildman–Crippen LogP) is 2.99. The number of Topliss-reactive ketones (excluding diaryl/α,β-unsaturated/α-hetero) is 1. The van der Waals surface area contributed by atoms with Crippen molar-refractivity contribution in [2.45, 2.75) is 53.5 Å². The maximum atomic E-state index is 12.2. The third-order valence-corrected chi connectivity index (χ3v) is 3.96. The zero-order valence-corrected chi connectivity index (χ0v) is 13.7. The summed E-state index contributed by atoms with van der Waals surface area (Å²) < 4.78 is 1.81. The van der Waals surface area contributed by atoms with Crippen LogP contribution >= 0.6 is 11.6 Å². The van der Waals surface area contributed by atoms with E-state index in [1.54, 1.807) is 0 Å². The van der Waals surface area contributed by atoms with Crippen LogP contribution in [0, 0.1) is 18.8 Å². The third kappa shape index (κ3) is 4.60. The first kappa shape index (κ1) is 17.2. The molecule has 0 aromatic carbocycles. The molecule has 1 aromatic heterocycles. The van der Waals surface area contributed by atoms with Gasteiger partial charge in [-0.3, -0.25) is 9.48 Å². The van der Waals surface area contributed by atoms with Gasteiger partial charge in [-0.1, -0.05) is 25.4 Å². The van der Waals surface area contributed by atoms with E-state index in [9.17, 15) is 4.79 Å². The lowest BCUT2D eigenvalue weighted by Crippen LogP contribution is -2.21. The number of carbonyl (C=O) groups is 1. The summed E-state index contributed by atoms with van der Waals surface area (Å²) in [6.45, 7) is 9.45. The molecule has 0 saturated heterocycles. The number of nitrogens with zero attached hydrogens (tertiary/aromatic N) is 2. The molecular weight excluding hydrogens is 274 g/mol. The molecule has 4 nitrogen and oxygen atoms in total. The normalized spacial score (nSPS) is 12.9. The maximum Gasteiger partial charge on any atom is 0.139 e. The van der Waals surface area contributed by atoms with Crippen LogP contribution in [0.5, 0.6) is 0 Å². The van der Waals surface area contributed by atoms with Gasteiger partial charge in [-0.2, -0.15) is 5.10 Å². The fourth-order valence-corrected chi connectivity index (χ4v) is 2.75. The summed E-state index contributed by atoms with van der Waals surface area (Å²) in [5.41, 5.74) is 7.37. The summed E-state index contributed by atoms with van der Waals surface area (Å²) in [7, 11) is 0. The van der Waals surface area contributed by atoms with Gasteiger partial charge in [0.1, 0.15) is 5.78 Å². The quantitative estimate of drug-likeness (QED) is 0.802.